The van der Waals surface area contributed by atoms with Crippen LogP contribution in [0.5, 0.6) is 0 Å². The zero-order valence-corrected chi connectivity index (χ0v) is 12.0. The molecule has 0 saturated carbocycles. The standard InChI is InChI=1S/C15H12Cl2N2O/c16-13-5-3-12(14(17)8-13)4-6-15(20)19-10-11-2-1-7-18-9-11/h1-9H,10H2,(H,19,20). The van der Waals surface area contributed by atoms with Gasteiger partial charge in [-0.05, 0) is 35.4 Å². The van der Waals surface area contributed by atoms with Gasteiger partial charge in [0.25, 0.3) is 0 Å². The maximum Gasteiger partial charge on any atom is 0.244 e. The Morgan fingerprint density at radius 1 is 1.30 bits per heavy atom. The molecule has 0 atom stereocenters. The van der Waals surface area contributed by atoms with Gasteiger partial charge in [-0.3, -0.25) is 9.78 Å². The third-order valence-electron chi connectivity index (χ3n) is 2.57. The van der Waals surface area contributed by atoms with Crippen molar-refractivity contribution in [3.05, 3.63) is 70.0 Å². The van der Waals surface area contributed by atoms with Crippen LogP contribution in [0.2, 0.25) is 10.0 Å². The number of amides is 1. The number of nitrogens with one attached hydrogen (secondary N) is 1. The molecule has 0 bridgehead atoms. The molecular weight excluding hydrogens is 295 g/mol. The molecule has 20 heavy (non-hydrogen) atoms. The molecule has 2 aromatic rings. The molecule has 1 aromatic carbocycles. The Balaban J connectivity index is 1.92. The molecule has 0 fully saturated rings. The molecule has 0 unspecified atom stereocenters. The molecule has 102 valence electrons. The topological polar surface area (TPSA) is 42.0 Å². The van der Waals surface area contributed by atoms with E-state index in [0.717, 1.165) is 11.1 Å². The average molecular weight is 307 g/mol. The van der Waals surface area contributed by atoms with Crippen LogP contribution >= 0.6 is 23.2 Å². The summed E-state index contributed by atoms with van der Waals surface area (Å²) in [5.74, 6) is -0.195. The molecule has 1 heterocycles. The second-order valence-electron chi connectivity index (χ2n) is 4.08. The van der Waals surface area contributed by atoms with Crippen molar-refractivity contribution < 1.29 is 4.79 Å². The minimum atomic E-state index is -0.195. The van der Waals surface area contributed by atoms with Gasteiger partial charge in [0, 0.05) is 35.1 Å². The lowest BCUT2D eigenvalue weighted by molar-refractivity contribution is -0.116. The zero-order valence-electron chi connectivity index (χ0n) is 10.5. The second kappa shape index (κ2) is 7.08. The smallest absolute Gasteiger partial charge is 0.244 e. The monoisotopic (exact) mass is 306 g/mol. The average Bonchev–Trinajstić information content (AvgIpc) is 2.45. The summed E-state index contributed by atoms with van der Waals surface area (Å²) < 4.78 is 0. The lowest BCUT2D eigenvalue weighted by atomic mass is 10.2. The fraction of sp³-hybridized carbons (Fsp3) is 0.0667. The van der Waals surface area contributed by atoms with Gasteiger partial charge in [-0.15, -0.1) is 0 Å². The lowest BCUT2D eigenvalue weighted by Gasteiger charge is -2.02. The predicted octanol–water partition coefficient (Wildman–Crippen LogP) is 3.72. The Kier molecular flexibility index (Phi) is 5.16. The molecular formula is C15H12Cl2N2O. The third-order valence-corrected chi connectivity index (χ3v) is 3.13. The summed E-state index contributed by atoms with van der Waals surface area (Å²) in [6.45, 7) is 0.436. The number of carbonyl (C=O) groups excluding carboxylic acids is 1. The quantitative estimate of drug-likeness (QED) is 0.875. The van der Waals surface area contributed by atoms with Crippen molar-refractivity contribution in [2.24, 2.45) is 0 Å². The molecule has 3 nitrogen and oxygen atoms in total. The van der Waals surface area contributed by atoms with E-state index < -0.39 is 0 Å². The van der Waals surface area contributed by atoms with E-state index in [2.05, 4.69) is 10.3 Å². The van der Waals surface area contributed by atoms with Gasteiger partial charge in [0.1, 0.15) is 0 Å². The van der Waals surface area contributed by atoms with Crippen LogP contribution in [0.3, 0.4) is 0 Å². The van der Waals surface area contributed by atoms with Gasteiger partial charge in [-0.2, -0.15) is 0 Å². The number of halogens is 2. The number of carbonyl (C=O) groups is 1. The molecule has 1 aromatic heterocycles. The molecule has 2 rings (SSSR count). The Labute approximate surface area is 127 Å². The van der Waals surface area contributed by atoms with Crippen molar-refractivity contribution in [1.29, 1.82) is 0 Å². The van der Waals surface area contributed by atoms with Crippen LogP contribution in [0.15, 0.2) is 48.8 Å². The minimum absolute atomic E-state index is 0.195. The summed E-state index contributed by atoms with van der Waals surface area (Å²) in [6, 6.07) is 8.84. The Morgan fingerprint density at radius 3 is 2.85 bits per heavy atom. The number of benzene rings is 1. The van der Waals surface area contributed by atoms with E-state index >= 15 is 0 Å². The summed E-state index contributed by atoms with van der Waals surface area (Å²) in [4.78, 5) is 15.7. The third kappa shape index (κ3) is 4.37. The van der Waals surface area contributed by atoms with E-state index in [1.54, 1.807) is 36.7 Å². The van der Waals surface area contributed by atoms with Crippen LogP contribution < -0.4 is 5.32 Å². The van der Waals surface area contributed by atoms with Gasteiger partial charge in [0.05, 0.1) is 0 Å². The van der Waals surface area contributed by atoms with E-state index in [-0.39, 0.29) is 5.91 Å². The van der Waals surface area contributed by atoms with Crippen LogP contribution in [0, 0.1) is 0 Å². The molecule has 0 aliphatic rings. The Morgan fingerprint density at radius 2 is 2.15 bits per heavy atom. The first kappa shape index (κ1) is 14.6. The van der Waals surface area contributed by atoms with Gasteiger partial charge in [0.15, 0.2) is 0 Å². The van der Waals surface area contributed by atoms with Gasteiger partial charge in [-0.25, -0.2) is 0 Å². The van der Waals surface area contributed by atoms with Gasteiger partial charge < -0.3 is 5.32 Å². The first-order valence-electron chi connectivity index (χ1n) is 5.95. The van der Waals surface area contributed by atoms with Crippen molar-refractivity contribution in [1.82, 2.24) is 10.3 Å². The molecule has 0 aliphatic carbocycles. The summed E-state index contributed by atoms with van der Waals surface area (Å²) in [5.41, 5.74) is 1.69. The van der Waals surface area contributed by atoms with Crippen molar-refractivity contribution in [3.63, 3.8) is 0 Å². The van der Waals surface area contributed by atoms with E-state index in [4.69, 9.17) is 23.2 Å². The van der Waals surface area contributed by atoms with E-state index in [1.807, 2.05) is 12.1 Å². The molecule has 0 aliphatic heterocycles. The molecule has 1 amide bonds. The molecule has 5 heteroatoms. The lowest BCUT2D eigenvalue weighted by Crippen LogP contribution is -2.20. The number of rotatable bonds is 4. The van der Waals surface area contributed by atoms with Crippen LogP contribution in [0.1, 0.15) is 11.1 Å². The zero-order chi connectivity index (χ0) is 14.4. The first-order valence-corrected chi connectivity index (χ1v) is 6.70. The Bertz CT molecular complexity index is 627. The summed E-state index contributed by atoms with van der Waals surface area (Å²) in [7, 11) is 0. The minimum Gasteiger partial charge on any atom is -0.348 e. The van der Waals surface area contributed by atoms with Gasteiger partial charge in [0.2, 0.25) is 5.91 Å². The van der Waals surface area contributed by atoms with Crippen molar-refractivity contribution in [2.45, 2.75) is 6.54 Å². The number of hydrogen-bond donors (Lipinski definition) is 1. The number of hydrogen-bond acceptors (Lipinski definition) is 2. The SMILES string of the molecule is O=C(C=Cc1ccc(Cl)cc1Cl)NCc1cccnc1. The molecule has 1 N–H and O–H groups in total. The number of nitrogens with zero attached hydrogens (tertiary/aromatic N) is 1. The van der Waals surface area contributed by atoms with Crippen LogP contribution in [-0.2, 0) is 11.3 Å². The normalized spacial score (nSPS) is 10.7. The van der Waals surface area contributed by atoms with Crippen molar-refractivity contribution >= 4 is 35.2 Å². The fourth-order valence-electron chi connectivity index (χ4n) is 1.55. The second-order valence-corrected chi connectivity index (χ2v) is 4.92. The summed E-state index contributed by atoms with van der Waals surface area (Å²) in [6.07, 6.45) is 6.48. The highest BCUT2D eigenvalue weighted by atomic mass is 35.5. The molecule has 0 radical (unpaired) electrons. The highest BCUT2D eigenvalue weighted by molar-refractivity contribution is 6.35. The largest absolute Gasteiger partial charge is 0.348 e. The van der Waals surface area contributed by atoms with Crippen LogP contribution in [0.25, 0.3) is 6.08 Å². The number of pyridine rings is 1. The summed E-state index contributed by atoms with van der Waals surface area (Å²) in [5, 5.41) is 3.84. The highest BCUT2D eigenvalue weighted by Crippen LogP contribution is 2.21. The van der Waals surface area contributed by atoms with Crippen LogP contribution in [0.4, 0.5) is 0 Å². The van der Waals surface area contributed by atoms with Gasteiger partial charge >= 0.3 is 0 Å². The van der Waals surface area contributed by atoms with Crippen molar-refractivity contribution in [3.8, 4) is 0 Å². The predicted molar refractivity (Wildman–Crippen MR) is 81.6 cm³/mol. The van der Waals surface area contributed by atoms with Gasteiger partial charge in [-0.1, -0.05) is 35.3 Å². The Hall–Kier alpha value is -1.84. The maximum absolute atomic E-state index is 11.7. The highest BCUT2D eigenvalue weighted by Gasteiger charge is 2.00. The van der Waals surface area contributed by atoms with E-state index in [1.165, 1.54) is 6.08 Å². The maximum atomic E-state index is 11.7. The first-order chi connectivity index (χ1) is 9.65. The van der Waals surface area contributed by atoms with E-state index in [9.17, 15) is 4.79 Å². The van der Waals surface area contributed by atoms with Crippen LogP contribution in [-0.4, -0.2) is 10.9 Å². The number of aromatic nitrogens is 1. The summed E-state index contributed by atoms with van der Waals surface area (Å²) >= 11 is 11.8. The molecule has 0 spiro atoms. The fourth-order valence-corrected chi connectivity index (χ4v) is 2.02. The van der Waals surface area contributed by atoms with E-state index in [0.29, 0.717) is 16.6 Å². The van der Waals surface area contributed by atoms with Crippen molar-refractivity contribution in [2.75, 3.05) is 0 Å². The molecule has 0 saturated heterocycles.